The van der Waals surface area contributed by atoms with Crippen molar-refractivity contribution in [1.29, 1.82) is 0 Å². The first-order valence-corrected chi connectivity index (χ1v) is 7.21. The highest BCUT2D eigenvalue weighted by Crippen LogP contribution is 2.79. The molecule has 1 heteroatoms. The van der Waals surface area contributed by atoms with E-state index in [1.807, 2.05) is 0 Å². The lowest BCUT2D eigenvalue weighted by Crippen LogP contribution is -2.31. The summed E-state index contributed by atoms with van der Waals surface area (Å²) in [5.41, 5.74) is 2.42. The Balaban J connectivity index is 2.05. The molecule has 1 aliphatic heterocycles. The second-order valence-corrected chi connectivity index (χ2v) is 8.55. The molecule has 0 aromatic carbocycles. The Morgan fingerprint density at radius 2 is 1.86 bits per heavy atom. The number of hydrogen-bond acceptors (Lipinski definition) is 0. The summed E-state index contributed by atoms with van der Waals surface area (Å²) >= 11 is 0. The number of hydrogen-bond donors (Lipinski definition) is 0. The summed E-state index contributed by atoms with van der Waals surface area (Å²) in [6.45, 7) is 12.2. The number of rotatable bonds is 3. The normalized spacial score (nSPS) is 41.4. The van der Waals surface area contributed by atoms with Crippen LogP contribution in [0.3, 0.4) is 0 Å². The molecular weight excluding hydrogens is 187 g/mol. The molecule has 0 nitrogen and oxygen atoms in total. The predicted molar refractivity (Wildman–Crippen MR) is 66.5 cm³/mol. The van der Waals surface area contributed by atoms with E-state index in [2.05, 4.69) is 34.6 Å². The molecule has 0 radical (unpaired) electrons. The van der Waals surface area contributed by atoms with Gasteiger partial charge in [-0.15, -0.1) is 8.58 Å². The van der Waals surface area contributed by atoms with Crippen LogP contribution >= 0.6 is 8.58 Å². The second-order valence-electron chi connectivity index (χ2n) is 6.64. The molecule has 2 rings (SSSR count). The van der Waals surface area contributed by atoms with Gasteiger partial charge in [0.15, 0.2) is 0 Å². The van der Waals surface area contributed by atoms with Gasteiger partial charge < -0.3 is 0 Å². The van der Waals surface area contributed by atoms with Gasteiger partial charge in [-0.25, -0.2) is 0 Å². The molecule has 0 amide bonds. The zero-order valence-corrected chi connectivity index (χ0v) is 11.4. The van der Waals surface area contributed by atoms with Gasteiger partial charge in [0.25, 0.3) is 0 Å². The van der Waals surface area contributed by atoms with Crippen molar-refractivity contribution in [3.8, 4) is 0 Å². The first kappa shape index (κ1) is 10.9. The van der Waals surface area contributed by atoms with Crippen LogP contribution in [0.4, 0.5) is 0 Å². The van der Waals surface area contributed by atoms with Gasteiger partial charge in [0.05, 0.1) is 0 Å². The third-order valence-electron chi connectivity index (χ3n) is 4.75. The first-order chi connectivity index (χ1) is 6.36. The van der Waals surface area contributed by atoms with E-state index in [4.69, 9.17) is 0 Å². The summed E-state index contributed by atoms with van der Waals surface area (Å²) < 4.78 is 0. The minimum atomic E-state index is 0.527. The van der Waals surface area contributed by atoms with Crippen LogP contribution in [0, 0.1) is 10.8 Å². The van der Waals surface area contributed by atoms with Gasteiger partial charge in [0, 0.05) is 0 Å². The Bertz CT molecular complexity index is 234. The van der Waals surface area contributed by atoms with Crippen molar-refractivity contribution < 1.29 is 0 Å². The molecular formula is C13H25P. The molecule has 0 spiro atoms. The summed E-state index contributed by atoms with van der Waals surface area (Å²) in [6.07, 6.45) is 5.95. The Morgan fingerprint density at radius 1 is 1.29 bits per heavy atom. The predicted octanol–water partition coefficient (Wildman–Crippen LogP) is 4.43. The highest BCUT2D eigenvalue weighted by Gasteiger charge is 2.68. The van der Waals surface area contributed by atoms with Gasteiger partial charge in [-0.1, -0.05) is 41.0 Å². The quantitative estimate of drug-likeness (QED) is 0.607. The molecule has 0 aromatic rings. The monoisotopic (exact) mass is 212 g/mol. The van der Waals surface area contributed by atoms with E-state index in [0.717, 1.165) is 11.1 Å². The fraction of sp³-hybridized carbons (Fsp3) is 1.00. The first-order valence-electron chi connectivity index (χ1n) is 6.13. The molecule has 1 saturated heterocycles. The average molecular weight is 212 g/mol. The van der Waals surface area contributed by atoms with E-state index in [1.54, 1.807) is 0 Å². The summed E-state index contributed by atoms with van der Waals surface area (Å²) in [4.78, 5) is 0. The average Bonchev–Trinajstić information content (AvgIpc) is 2.86. The van der Waals surface area contributed by atoms with E-state index in [-0.39, 0.29) is 0 Å². The minimum Gasteiger partial charge on any atom is -0.110 e. The molecule has 2 fully saturated rings. The van der Waals surface area contributed by atoms with Crippen molar-refractivity contribution in [2.75, 3.05) is 0 Å². The zero-order chi connectivity index (χ0) is 10.6. The van der Waals surface area contributed by atoms with Gasteiger partial charge >= 0.3 is 0 Å². The molecule has 3 atom stereocenters. The van der Waals surface area contributed by atoms with Crippen LogP contribution < -0.4 is 0 Å². The SMILES string of the molecule is CCCC1(C2PC2(C)C(C)(C)C)CC1. The lowest BCUT2D eigenvalue weighted by molar-refractivity contribution is 0.285. The lowest BCUT2D eigenvalue weighted by atomic mass is 9.75. The second kappa shape index (κ2) is 2.97. The molecule has 1 aliphatic carbocycles. The molecule has 0 N–H and O–H groups in total. The van der Waals surface area contributed by atoms with E-state index in [0.29, 0.717) is 10.6 Å². The summed E-state index contributed by atoms with van der Waals surface area (Å²) in [6, 6.07) is 0. The zero-order valence-electron chi connectivity index (χ0n) is 10.4. The molecule has 3 unspecified atom stereocenters. The van der Waals surface area contributed by atoms with Gasteiger partial charge in [0.1, 0.15) is 0 Å². The van der Waals surface area contributed by atoms with Crippen molar-refractivity contribution >= 4 is 8.58 Å². The van der Waals surface area contributed by atoms with E-state index < -0.39 is 0 Å². The molecule has 82 valence electrons. The maximum Gasteiger partial charge on any atom is -0.00282 e. The van der Waals surface area contributed by atoms with Gasteiger partial charge in [-0.05, 0) is 40.9 Å². The highest BCUT2D eigenvalue weighted by molar-refractivity contribution is 7.50. The van der Waals surface area contributed by atoms with Crippen LogP contribution in [-0.2, 0) is 0 Å². The van der Waals surface area contributed by atoms with Crippen LogP contribution in [0.15, 0.2) is 0 Å². The molecule has 1 heterocycles. The van der Waals surface area contributed by atoms with Crippen LogP contribution in [0.25, 0.3) is 0 Å². The molecule has 0 aromatic heterocycles. The van der Waals surface area contributed by atoms with E-state index in [9.17, 15) is 0 Å². The summed E-state index contributed by atoms with van der Waals surface area (Å²) in [5.74, 6) is 0. The Labute approximate surface area is 91.0 Å². The summed E-state index contributed by atoms with van der Waals surface area (Å²) in [7, 11) is 1.24. The fourth-order valence-electron chi connectivity index (χ4n) is 3.01. The Morgan fingerprint density at radius 3 is 2.14 bits per heavy atom. The van der Waals surface area contributed by atoms with Gasteiger partial charge in [-0.2, -0.15) is 0 Å². The molecule has 2 aliphatic rings. The fourth-order valence-corrected chi connectivity index (χ4v) is 5.44. The van der Waals surface area contributed by atoms with Gasteiger partial charge in [-0.3, -0.25) is 0 Å². The van der Waals surface area contributed by atoms with E-state index in [1.165, 1.54) is 34.3 Å². The molecule has 14 heavy (non-hydrogen) atoms. The largest absolute Gasteiger partial charge is 0.110 e. The van der Waals surface area contributed by atoms with E-state index >= 15 is 0 Å². The Hall–Kier alpha value is 0.430. The van der Waals surface area contributed by atoms with Crippen molar-refractivity contribution in [2.45, 2.75) is 71.1 Å². The standard InChI is InChI=1S/C13H25P/c1-6-7-13(8-9-13)10-12(5,14-10)11(2,3)4/h10,14H,6-9H2,1-5H3. The topological polar surface area (TPSA) is 0 Å². The highest BCUT2D eigenvalue weighted by atomic mass is 31.1. The van der Waals surface area contributed by atoms with Crippen LogP contribution in [-0.4, -0.2) is 10.8 Å². The maximum atomic E-state index is 2.53. The van der Waals surface area contributed by atoms with Crippen molar-refractivity contribution in [2.24, 2.45) is 10.8 Å². The molecule has 1 saturated carbocycles. The molecule has 0 bridgehead atoms. The van der Waals surface area contributed by atoms with Crippen LogP contribution in [0.1, 0.15) is 60.3 Å². The summed E-state index contributed by atoms with van der Waals surface area (Å²) in [5, 5.41) is 0.679. The maximum absolute atomic E-state index is 2.53. The third kappa shape index (κ3) is 1.45. The third-order valence-corrected chi connectivity index (χ3v) is 7.55. The smallest absolute Gasteiger partial charge is 0.00282 e. The minimum absolute atomic E-state index is 0.527. The Kier molecular flexibility index (Phi) is 2.32. The van der Waals surface area contributed by atoms with Crippen LogP contribution in [0.5, 0.6) is 0 Å². The lowest BCUT2D eigenvalue weighted by Gasteiger charge is -2.30. The van der Waals surface area contributed by atoms with Crippen molar-refractivity contribution in [3.05, 3.63) is 0 Å². The van der Waals surface area contributed by atoms with Gasteiger partial charge in [0.2, 0.25) is 0 Å². The van der Waals surface area contributed by atoms with Crippen molar-refractivity contribution in [3.63, 3.8) is 0 Å². The van der Waals surface area contributed by atoms with Crippen LogP contribution in [0.2, 0.25) is 0 Å². The van der Waals surface area contributed by atoms with Crippen molar-refractivity contribution in [1.82, 2.24) is 0 Å².